The van der Waals surface area contributed by atoms with Gasteiger partial charge in [-0.3, -0.25) is 0 Å². The van der Waals surface area contributed by atoms with Gasteiger partial charge in [-0.2, -0.15) is 0 Å². The fourth-order valence-corrected chi connectivity index (χ4v) is 7.85. The van der Waals surface area contributed by atoms with Crippen molar-refractivity contribution in [1.29, 1.82) is 0 Å². The van der Waals surface area contributed by atoms with Gasteiger partial charge in [0.2, 0.25) is 0 Å². The van der Waals surface area contributed by atoms with Crippen molar-refractivity contribution in [1.82, 2.24) is 0 Å². The zero-order valence-corrected chi connectivity index (χ0v) is 21.1. The summed E-state index contributed by atoms with van der Waals surface area (Å²) in [5.41, 5.74) is 3.89. The van der Waals surface area contributed by atoms with Gasteiger partial charge in [0.05, 0.1) is 0 Å². The largest absolute Gasteiger partial charge is 0.529 e. The van der Waals surface area contributed by atoms with Gasteiger partial charge in [0, 0.05) is 39.6 Å². The summed E-state index contributed by atoms with van der Waals surface area (Å²) in [5, 5.41) is 0. The Balaban J connectivity index is 5.73. The summed E-state index contributed by atoms with van der Waals surface area (Å²) < 4.78 is 36.9. The van der Waals surface area contributed by atoms with Crippen molar-refractivity contribution in [3.63, 3.8) is 0 Å². The molecule has 0 rings (SSSR count). The molecular formula is C20H44O6Si2. The van der Waals surface area contributed by atoms with Gasteiger partial charge in [-0.05, 0) is 49.9 Å². The van der Waals surface area contributed by atoms with Crippen LogP contribution in [0, 0.1) is 0 Å². The van der Waals surface area contributed by atoms with Gasteiger partial charge < -0.3 is 26.6 Å². The highest BCUT2D eigenvalue weighted by Gasteiger charge is 2.44. The first-order valence-corrected chi connectivity index (χ1v) is 14.7. The van der Waals surface area contributed by atoms with Gasteiger partial charge in [-0.25, -0.2) is 0 Å². The summed E-state index contributed by atoms with van der Waals surface area (Å²) in [6, 6.07) is 0. The predicted molar refractivity (Wildman–Crippen MR) is 118 cm³/mol. The molecule has 0 amide bonds. The summed E-state index contributed by atoms with van der Waals surface area (Å²) in [7, 11) is -5.94. The molecule has 0 aromatic carbocycles. The molecular weight excluding hydrogens is 392 g/mol. The fourth-order valence-electron chi connectivity index (χ4n) is 2.21. The van der Waals surface area contributed by atoms with E-state index < -0.39 is 17.6 Å². The fraction of sp³-hybridized carbons (Fsp3) is 0.900. The molecule has 0 atom stereocenters. The van der Waals surface area contributed by atoms with Crippen molar-refractivity contribution < 1.29 is 26.6 Å². The van der Waals surface area contributed by atoms with Crippen LogP contribution < -0.4 is 0 Å². The van der Waals surface area contributed by atoms with Crippen LogP contribution in [0.3, 0.4) is 0 Å². The van der Waals surface area contributed by atoms with Gasteiger partial charge in [0.1, 0.15) is 0 Å². The van der Waals surface area contributed by atoms with Gasteiger partial charge in [-0.15, -0.1) is 0 Å². The van der Waals surface area contributed by atoms with E-state index in [4.69, 9.17) is 26.6 Å². The highest BCUT2D eigenvalue weighted by molar-refractivity contribution is 6.72. The van der Waals surface area contributed by atoms with Crippen molar-refractivity contribution in [3.8, 4) is 0 Å². The Morgan fingerprint density at radius 1 is 0.393 bits per heavy atom. The highest BCUT2D eigenvalue weighted by Crippen LogP contribution is 2.19. The summed E-state index contributed by atoms with van der Waals surface area (Å²) in [6.45, 7) is 16.1. The van der Waals surface area contributed by atoms with Crippen LogP contribution in [0.5, 0.6) is 0 Å². The van der Waals surface area contributed by atoms with Crippen molar-refractivity contribution in [2.24, 2.45) is 0 Å². The maximum atomic E-state index is 6.16. The number of rotatable bonds is 20. The van der Waals surface area contributed by atoms with Crippen LogP contribution in [-0.4, -0.2) is 57.3 Å². The molecule has 28 heavy (non-hydrogen) atoms. The molecule has 0 unspecified atom stereocenters. The second-order valence-electron chi connectivity index (χ2n) is 6.63. The molecule has 0 aliphatic heterocycles. The molecule has 0 saturated carbocycles. The monoisotopic (exact) mass is 436 g/mol. The minimum absolute atomic E-state index is 0.597. The maximum Gasteiger partial charge on any atom is 0.529 e. The first-order chi connectivity index (χ1) is 13.6. The third-order valence-corrected chi connectivity index (χ3v) is 8.66. The molecule has 0 aliphatic rings. The van der Waals surface area contributed by atoms with E-state index in [1.54, 1.807) is 0 Å². The number of hydrogen-bond donors (Lipinski definition) is 0. The van der Waals surface area contributed by atoms with E-state index >= 15 is 0 Å². The molecule has 0 saturated heterocycles. The lowest BCUT2D eigenvalue weighted by atomic mass is 10.5. The zero-order valence-electron chi connectivity index (χ0n) is 19.1. The Bertz CT molecular complexity index is 304. The molecule has 0 radical (unpaired) electrons. The van der Waals surface area contributed by atoms with E-state index in [1.165, 1.54) is 0 Å². The van der Waals surface area contributed by atoms with Crippen molar-refractivity contribution in [2.45, 2.75) is 80.1 Å². The predicted octanol–water partition coefficient (Wildman–Crippen LogP) is 5.06. The zero-order chi connectivity index (χ0) is 21.1. The van der Waals surface area contributed by atoms with Gasteiger partial charge >= 0.3 is 17.6 Å². The van der Waals surface area contributed by atoms with E-state index in [-0.39, 0.29) is 0 Å². The summed E-state index contributed by atoms with van der Waals surface area (Å²) in [5.74, 6) is 0. The lowest BCUT2D eigenvalue weighted by molar-refractivity contribution is 0.0664. The average molecular weight is 437 g/mol. The van der Waals surface area contributed by atoms with Crippen LogP contribution >= 0.6 is 0 Å². The third kappa shape index (κ3) is 11.8. The molecule has 0 aromatic rings. The number of hydrogen-bond acceptors (Lipinski definition) is 6. The maximum absolute atomic E-state index is 6.16. The normalized spacial score (nSPS) is 12.9. The highest BCUT2D eigenvalue weighted by atomic mass is 28.4. The van der Waals surface area contributed by atoms with Crippen LogP contribution in [0.1, 0.15) is 80.1 Å². The second kappa shape index (κ2) is 17.8. The molecule has 6 nitrogen and oxygen atoms in total. The average Bonchev–Trinajstić information content (AvgIpc) is 2.73. The van der Waals surface area contributed by atoms with Crippen molar-refractivity contribution in [3.05, 3.63) is 11.4 Å². The molecule has 0 aromatic heterocycles. The molecule has 0 bridgehead atoms. The summed E-state index contributed by atoms with van der Waals surface area (Å²) in [6.07, 6.45) is 5.42. The summed E-state index contributed by atoms with van der Waals surface area (Å²) in [4.78, 5) is 0. The van der Waals surface area contributed by atoms with Gasteiger partial charge in [0.25, 0.3) is 0 Å². The summed E-state index contributed by atoms with van der Waals surface area (Å²) >= 11 is 0. The molecule has 0 spiro atoms. The molecule has 0 heterocycles. The van der Waals surface area contributed by atoms with Gasteiger partial charge in [-0.1, -0.05) is 41.5 Å². The Hall–Kier alpha value is -0.0662. The first-order valence-electron chi connectivity index (χ1n) is 11.1. The third-order valence-electron chi connectivity index (χ3n) is 3.54. The second-order valence-corrected chi connectivity index (χ2v) is 11.4. The quantitative estimate of drug-likeness (QED) is 0.249. The lowest BCUT2D eigenvalue weighted by Gasteiger charge is -2.30. The van der Waals surface area contributed by atoms with Crippen molar-refractivity contribution in [2.75, 3.05) is 39.6 Å². The lowest BCUT2D eigenvalue weighted by Crippen LogP contribution is -2.49. The van der Waals surface area contributed by atoms with Crippen LogP contribution in [0.4, 0.5) is 0 Å². The SMILES string of the molecule is CCCO[Si](C=C[Si](OCCC)(OCCC)OCCC)(OCCC)OCCC. The van der Waals surface area contributed by atoms with Crippen LogP contribution in [0.2, 0.25) is 0 Å². The molecule has 8 heteroatoms. The van der Waals surface area contributed by atoms with E-state index in [9.17, 15) is 0 Å². The molecule has 0 aliphatic carbocycles. The Kier molecular flexibility index (Phi) is 17.7. The standard InChI is InChI=1S/C20H44O6Si2/c1-7-13-21-27(22-14-8-2,23-15-9-3)19-20-28(24-16-10-4,25-17-11-5)26-18-12-6/h19-20H,7-18H2,1-6H3. The van der Waals surface area contributed by atoms with Gasteiger partial charge in [0.15, 0.2) is 0 Å². The van der Waals surface area contributed by atoms with E-state index in [1.807, 2.05) is 11.4 Å². The smallest absolute Gasteiger partial charge is 0.370 e. The Morgan fingerprint density at radius 2 is 0.571 bits per heavy atom. The first kappa shape index (κ1) is 27.9. The molecule has 168 valence electrons. The van der Waals surface area contributed by atoms with E-state index in [0.29, 0.717) is 39.6 Å². The Labute approximate surface area is 175 Å². The van der Waals surface area contributed by atoms with Crippen LogP contribution in [0.15, 0.2) is 11.4 Å². The molecule has 0 fully saturated rings. The minimum atomic E-state index is -2.97. The minimum Gasteiger partial charge on any atom is -0.370 e. The van der Waals surface area contributed by atoms with E-state index in [0.717, 1.165) is 38.5 Å². The van der Waals surface area contributed by atoms with E-state index in [2.05, 4.69) is 41.5 Å². The van der Waals surface area contributed by atoms with Crippen LogP contribution in [0.25, 0.3) is 0 Å². The van der Waals surface area contributed by atoms with Crippen molar-refractivity contribution >= 4 is 17.6 Å². The topological polar surface area (TPSA) is 55.4 Å². The molecule has 0 N–H and O–H groups in total. The Morgan fingerprint density at radius 3 is 0.714 bits per heavy atom. The van der Waals surface area contributed by atoms with Crippen LogP contribution in [-0.2, 0) is 26.6 Å².